The summed E-state index contributed by atoms with van der Waals surface area (Å²) in [6.07, 6.45) is 2.61. The zero-order valence-corrected chi connectivity index (χ0v) is 22.6. The molecule has 0 aliphatic heterocycles. The number of para-hydroxylation sites is 1. The Bertz CT molecular complexity index is 1470. The molecule has 3 aromatic rings. The molecule has 1 aliphatic rings. The van der Waals surface area contributed by atoms with Crippen LogP contribution in [0.1, 0.15) is 54.7 Å². The van der Waals surface area contributed by atoms with Crippen molar-refractivity contribution in [2.75, 3.05) is 11.9 Å². The predicted molar refractivity (Wildman–Crippen MR) is 143 cm³/mol. The van der Waals surface area contributed by atoms with Crippen molar-refractivity contribution >= 4 is 27.6 Å². The number of nitrogens with zero attached hydrogens (tertiary/aromatic N) is 2. The van der Waals surface area contributed by atoms with E-state index in [4.69, 9.17) is 4.74 Å². The van der Waals surface area contributed by atoms with E-state index >= 15 is 0 Å². The fourth-order valence-electron chi connectivity index (χ4n) is 4.02. The van der Waals surface area contributed by atoms with Crippen molar-refractivity contribution in [1.82, 2.24) is 14.5 Å². The number of ether oxygens (including phenoxy) is 1. The Morgan fingerprint density at radius 2 is 1.87 bits per heavy atom. The lowest BCUT2D eigenvalue weighted by Gasteiger charge is -2.24. The van der Waals surface area contributed by atoms with Crippen molar-refractivity contribution in [2.45, 2.75) is 51.9 Å². The first-order valence-corrected chi connectivity index (χ1v) is 14.0. The molecule has 0 unspecified atom stereocenters. The molecule has 0 radical (unpaired) electrons. The van der Waals surface area contributed by atoms with Crippen LogP contribution in [0.2, 0.25) is 0 Å². The minimum Gasteiger partial charge on any atom is -0.476 e. The Hall–Kier alpha value is -3.70. The van der Waals surface area contributed by atoms with E-state index in [-0.39, 0.29) is 52.1 Å². The van der Waals surface area contributed by atoms with Crippen molar-refractivity contribution in [1.29, 1.82) is 0 Å². The van der Waals surface area contributed by atoms with Crippen LogP contribution >= 0.6 is 0 Å². The maximum Gasteiger partial charge on any atom is 0.356 e. The number of rotatable bonds is 10. The number of aryl methyl sites for hydroxylation is 1. The van der Waals surface area contributed by atoms with Gasteiger partial charge >= 0.3 is 5.97 Å². The smallest absolute Gasteiger partial charge is 0.356 e. The van der Waals surface area contributed by atoms with Gasteiger partial charge in [-0.25, -0.2) is 17.9 Å². The summed E-state index contributed by atoms with van der Waals surface area (Å²) in [7, 11) is -4.06. The summed E-state index contributed by atoms with van der Waals surface area (Å²) in [5.74, 6) is -1.37. The van der Waals surface area contributed by atoms with Gasteiger partial charge in [0.2, 0.25) is 21.8 Å². The van der Waals surface area contributed by atoms with Gasteiger partial charge in [0.15, 0.2) is 5.69 Å². The first kappa shape index (κ1) is 27.3. The van der Waals surface area contributed by atoms with E-state index in [1.54, 1.807) is 25.1 Å². The third-order valence-electron chi connectivity index (χ3n) is 6.48. The summed E-state index contributed by atoms with van der Waals surface area (Å²) in [5, 5.41) is 16.8. The number of anilines is 1. The molecule has 11 heteroatoms. The van der Waals surface area contributed by atoms with Crippen molar-refractivity contribution in [3.8, 4) is 17.3 Å². The van der Waals surface area contributed by atoms with Crippen LogP contribution in [0.15, 0.2) is 47.4 Å². The third kappa shape index (κ3) is 5.73. The molecular formula is C27H32N4O6S. The maximum absolute atomic E-state index is 13.4. The molecule has 0 atom stereocenters. The Kier molecular flexibility index (Phi) is 7.89. The fraction of sp³-hybridized carbons (Fsp3) is 0.370. The maximum atomic E-state index is 13.4. The molecule has 1 aliphatic carbocycles. The zero-order valence-electron chi connectivity index (χ0n) is 21.8. The summed E-state index contributed by atoms with van der Waals surface area (Å²) >= 11 is 0. The first-order chi connectivity index (χ1) is 18.0. The molecule has 3 N–H and O–H groups in total. The first-order valence-electron chi connectivity index (χ1n) is 12.5. The monoisotopic (exact) mass is 540 g/mol. The lowest BCUT2D eigenvalue weighted by atomic mass is 9.85. The SMILES string of the molecule is Cc1ccccc1-n1nc(C(=O)O)c(C)c1Oc1ccc(NC(=O)C2CCC2)cc1S(=O)(=O)NCC(C)C. The van der Waals surface area contributed by atoms with Gasteiger partial charge in [-0.2, -0.15) is 9.78 Å². The lowest BCUT2D eigenvalue weighted by molar-refractivity contribution is -0.122. The number of amides is 1. The van der Waals surface area contributed by atoms with Gasteiger partial charge in [0.1, 0.15) is 10.6 Å². The fourth-order valence-corrected chi connectivity index (χ4v) is 5.39. The summed E-state index contributed by atoms with van der Waals surface area (Å²) in [5.41, 5.74) is 1.76. The Morgan fingerprint density at radius 3 is 2.47 bits per heavy atom. The van der Waals surface area contributed by atoms with Crippen LogP contribution in [0.5, 0.6) is 11.6 Å². The second-order valence-electron chi connectivity index (χ2n) is 9.91. The number of carbonyl (C=O) groups is 2. The number of benzene rings is 2. The highest BCUT2D eigenvalue weighted by atomic mass is 32.2. The second-order valence-corrected chi connectivity index (χ2v) is 11.6. The van der Waals surface area contributed by atoms with E-state index in [0.29, 0.717) is 11.4 Å². The highest BCUT2D eigenvalue weighted by Gasteiger charge is 2.28. The van der Waals surface area contributed by atoms with Gasteiger partial charge in [-0.15, -0.1) is 0 Å². The van der Waals surface area contributed by atoms with Crippen LogP contribution in [0.3, 0.4) is 0 Å². The highest BCUT2D eigenvalue weighted by molar-refractivity contribution is 7.89. The molecule has 1 fully saturated rings. The Morgan fingerprint density at radius 1 is 1.16 bits per heavy atom. The number of carboxylic acid groups (broad SMARTS) is 1. The number of hydrogen-bond donors (Lipinski definition) is 3. The van der Waals surface area contributed by atoms with Crippen LogP contribution in [0, 0.1) is 25.7 Å². The largest absolute Gasteiger partial charge is 0.476 e. The van der Waals surface area contributed by atoms with E-state index in [0.717, 1.165) is 24.8 Å². The van der Waals surface area contributed by atoms with Gasteiger partial charge in [-0.3, -0.25) is 4.79 Å². The predicted octanol–water partition coefficient (Wildman–Crippen LogP) is 4.65. The second kappa shape index (κ2) is 11.0. The molecule has 1 heterocycles. The Labute approximate surface area is 222 Å². The molecule has 10 nitrogen and oxygen atoms in total. The van der Waals surface area contributed by atoms with E-state index in [1.807, 2.05) is 32.9 Å². The van der Waals surface area contributed by atoms with Crippen molar-refractivity contribution < 1.29 is 27.9 Å². The molecule has 202 valence electrons. The van der Waals surface area contributed by atoms with Gasteiger partial charge in [-0.05, 0) is 62.4 Å². The van der Waals surface area contributed by atoms with Gasteiger partial charge in [0.25, 0.3) is 0 Å². The quantitative estimate of drug-likeness (QED) is 0.340. The number of carboxylic acids is 1. The van der Waals surface area contributed by atoms with E-state index in [9.17, 15) is 23.1 Å². The van der Waals surface area contributed by atoms with Gasteiger partial charge in [0.05, 0.1) is 5.69 Å². The number of sulfonamides is 1. The average molecular weight is 541 g/mol. The average Bonchev–Trinajstić information content (AvgIpc) is 3.14. The summed E-state index contributed by atoms with van der Waals surface area (Å²) in [6.45, 7) is 7.37. The topological polar surface area (TPSA) is 140 Å². The molecular weight excluding hydrogens is 508 g/mol. The molecule has 0 spiro atoms. The minimum atomic E-state index is -4.06. The number of carbonyl (C=O) groups excluding carboxylic acids is 1. The van der Waals surface area contributed by atoms with E-state index in [2.05, 4.69) is 15.1 Å². The molecule has 4 rings (SSSR count). The van der Waals surface area contributed by atoms with E-state index < -0.39 is 16.0 Å². The molecule has 2 aromatic carbocycles. The minimum absolute atomic E-state index is 0.0299. The van der Waals surface area contributed by atoms with Crippen molar-refractivity contribution in [3.05, 3.63) is 59.3 Å². The lowest BCUT2D eigenvalue weighted by Crippen LogP contribution is -2.29. The van der Waals surface area contributed by atoms with Gasteiger partial charge in [-0.1, -0.05) is 38.5 Å². The molecule has 1 aromatic heterocycles. The van der Waals surface area contributed by atoms with Crippen LogP contribution in [0.4, 0.5) is 5.69 Å². The molecule has 0 bridgehead atoms. The number of hydrogen-bond acceptors (Lipinski definition) is 6. The van der Waals surface area contributed by atoms with Crippen LogP contribution < -0.4 is 14.8 Å². The summed E-state index contributed by atoms with van der Waals surface area (Å²) < 4.78 is 36.8. The van der Waals surface area contributed by atoms with Gasteiger partial charge < -0.3 is 15.2 Å². The number of nitrogens with one attached hydrogen (secondary N) is 2. The van der Waals surface area contributed by atoms with E-state index in [1.165, 1.54) is 16.8 Å². The third-order valence-corrected chi connectivity index (χ3v) is 7.92. The number of aromatic carboxylic acids is 1. The molecule has 38 heavy (non-hydrogen) atoms. The molecule has 1 saturated carbocycles. The van der Waals surface area contributed by atoms with Crippen LogP contribution in [-0.2, 0) is 14.8 Å². The van der Waals surface area contributed by atoms with Crippen molar-refractivity contribution in [3.63, 3.8) is 0 Å². The molecule has 0 saturated heterocycles. The van der Waals surface area contributed by atoms with Gasteiger partial charge in [0, 0.05) is 23.7 Å². The highest BCUT2D eigenvalue weighted by Crippen LogP contribution is 2.36. The van der Waals surface area contributed by atoms with Crippen LogP contribution in [-0.4, -0.2) is 41.7 Å². The summed E-state index contributed by atoms with van der Waals surface area (Å²) in [6, 6.07) is 11.6. The van der Waals surface area contributed by atoms with Crippen molar-refractivity contribution in [2.24, 2.45) is 11.8 Å². The summed E-state index contributed by atoms with van der Waals surface area (Å²) in [4.78, 5) is 24.2. The normalized spacial score (nSPS) is 13.8. The Balaban J connectivity index is 1.80. The number of aromatic nitrogens is 2. The molecule has 1 amide bonds. The zero-order chi connectivity index (χ0) is 27.6. The van der Waals surface area contributed by atoms with Crippen LogP contribution in [0.25, 0.3) is 5.69 Å². The standard InChI is InChI=1S/C27H32N4O6S/c1-16(2)15-28-38(35,36)23-14-20(29-25(32)19-9-7-10-19)12-13-22(23)37-26-18(4)24(27(33)34)30-31(26)21-11-6-5-8-17(21)3/h5-6,8,11-14,16,19,28H,7,9-10,15H2,1-4H3,(H,29,32)(H,33,34).